The Morgan fingerprint density at radius 2 is 1.13 bits per heavy atom. The van der Waals surface area contributed by atoms with E-state index < -0.39 is 0 Å². The number of hydrogen-bond acceptors (Lipinski definition) is 4. The van der Waals surface area contributed by atoms with Gasteiger partial charge in [-0.25, -0.2) is 0 Å². The summed E-state index contributed by atoms with van der Waals surface area (Å²) in [5, 5.41) is 2.24. The third kappa shape index (κ3) is 8.33. The summed E-state index contributed by atoms with van der Waals surface area (Å²) in [5.74, 6) is 0.469. The molecule has 4 nitrogen and oxygen atoms in total. The number of hydrogen-bond donors (Lipinski definition) is 0. The van der Waals surface area contributed by atoms with Gasteiger partial charge in [0.1, 0.15) is 5.58 Å². The summed E-state index contributed by atoms with van der Waals surface area (Å²) >= 11 is 0. The number of furan rings is 1. The van der Waals surface area contributed by atoms with E-state index in [1.54, 1.807) is 12.4 Å². The molecule has 8 rings (SSSR count). The van der Waals surface area contributed by atoms with Crippen LogP contribution < -0.4 is 0 Å². The number of benzene rings is 4. The molecule has 8 aromatic rings. The first-order chi connectivity index (χ1) is 22.7. The van der Waals surface area contributed by atoms with Crippen molar-refractivity contribution in [1.82, 2.24) is 15.0 Å². The average Bonchev–Trinajstić information content (AvgIpc) is 3.53. The Balaban J connectivity index is 0.000000148. The van der Waals surface area contributed by atoms with Crippen molar-refractivity contribution in [3.05, 3.63) is 176 Å². The molecule has 0 fully saturated rings. The number of fused-ring (bicyclic) bond motifs is 3. The Kier molecular flexibility index (Phi) is 11.5. The van der Waals surface area contributed by atoms with Gasteiger partial charge in [-0.1, -0.05) is 78.9 Å². The van der Waals surface area contributed by atoms with E-state index in [0.717, 1.165) is 55.7 Å². The van der Waals surface area contributed by atoms with Crippen molar-refractivity contribution < 1.29 is 24.5 Å². The second kappa shape index (κ2) is 16.4. The van der Waals surface area contributed by atoms with Gasteiger partial charge in [0.2, 0.25) is 0 Å². The van der Waals surface area contributed by atoms with Crippen LogP contribution >= 0.6 is 0 Å². The van der Waals surface area contributed by atoms with Crippen molar-refractivity contribution in [2.24, 2.45) is 0 Å². The predicted molar refractivity (Wildman–Crippen MR) is 187 cm³/mol. The van der Waals surface area contributed by atoms with Crippen molar-refractivity contribution in [3.8, 4) is 33.8 Å². The summed E-state index contributed by atoms with van der Waals surface area (Å²) in [6.07, 6.45) is 5.44. The third-order valence-corrected chi connectivity index (χ3v) is 7.35. The van der Waals surface area contributed by atoms with Crippen LogP contribution in [0.3, 0.4) is 0 Å². The fraction of sp³-hybridized carbons (Fsp3) is 0.0714. The molecule has 4 heterocycles. The molecule has 0 spiro atoms. The van der Waals surface area contributed by atoms with Crippen LogP contribution in [0.2, 0.25) is 0 Å². The summed E-state index contributed by atoms with van der Waals surface area (Å²) < 4.78 is 6.07. The van der Waals surface area contributed by atoms with Crippen LogP contribution in [0.5, 0.6) is 0 Å². The first-order valence-corrected chi connectivity index (χ1v) is 15.2. The maximum atomic E-state index is 6.07. The van der Waals surface area contributed by atoms with Gasteiger partial charge in [0.25, 0.3) is 0 Å². The quantitative estimate of drug-likeness (QED) is 0.167. The van der Waals surface area contributed by atoms with Gasteiger partial charge in [-0.05, 0) is 47.3 Å². The van der Waals surface area contributed by atoms with Gasteiger partial charge in [-0.3, -0.25) is 0 Å². The third-order valence-electron chi connectivity index (χ3n) is 7.35. The summed E-state index contributed by atoms with van der Waals surface area (Å²) in [6.45, 7) is 4.37. The average molecular weight is 787 g/mol. The van der Waals surface area contributed by atoms with Gasteiger partial charge in [0.05, 0.1) is 5.58 Å². The van der Waals surface area contributed by atoms with Gasteiger partial charge < -0.3 is 19.4 Å². The normalized spacial score (nSPS) is 10.4. The van der Waals surface area contributed by atoms with E-state index in [9.17, 15) is 0 Å². The minimum atomic E-state index is 0. The molecule has 0 atom stereocenters. The maximum absolute atomic E-state index is 6.07. The van der Waals surface area contributed by atoms with Gasteiger partial charge in [-0.15, -0.1) is 90.0 Å². The van der Waals surface area contributed by atoms with Gasteiger partial charge in [0.15, 0.2) is 0 Å². The Hall–Kier alpha value is -5.22. The summed E-state index contributed by atoms with van der Waals surface area (Å²) in [4.78, 5) is 13.0. The molecule has 0 aliphatic rings. The number of nitrogens with zero attached hydrogens (tertiary/aromatic N) is 3. The Bertz CT molecular complexity index is 1960. The first kappa shape index (κ1) is 33.2. The fourth-order valence-electron chi connectivity index (χ4n) is 4.97. The van der Waals surface area contributed by atoms with Gasteiger partial charge in [-0.2, -0.15) is 0 Å². The van der Waals surface area contributed by atoms with Crippen LogP contribution in [-0.2, 0) is 20.1 Å². The second-order valence-electron chi connectivity index (χ2n) is 10.8. The molecular weight excluding hydrogens is 755 g/mol. The maximum Gasteiger partial charge on any atom is 3.00 e. The molecule has 0 saturated heterocycles. The van der Waals surface area contributed by atoms with Gasteiger partial charge in [0, 0.05) is 24.0 Å². The molecule has 0 saturated carbocycles. The standard InChI is InChI=1S/C20H16NO.2C11H8N.Ir/c1-13(2)14-10-11-21-18(12-14)17-8-5-7-16-15-6-3-4-9-19(15)22-20(16)17;2*1-2-6-10(7-3-1)11-8-4-5-9-12-11;/h3-7,9-13H,1-2H3;2*1-6,8-9H;/q3*-1;+3. The zero-order valence-corrected chi connectivity index (χ0v) is 28.5. The molecule has 0 aliphatic carbocycles. The van der Waals surface area contributed by atoms with E-state index in [1.807, 2.05) is 115 Å². The molecule has 0 N–H and O–H groups in total. The molecule has 0 unspecified atom stereocenters. The number of para-hydroxylation sites is 1. The molecule has 230 valence electrons. The van der Waals surface area contributed by atoms with E-state index in [2.05, 4.69) is 71.3 Å². The van der Waals surface area contributed by atoms with Crippen LogP contribution in [0.1, 0.15) is 25.3 Å². The molecule has 0 radical (unpaired) electrons. The van der Waals surface area contributed by atoms with Gasteiger partial charge >= 0.3 is 20.1 Å². The molecule has 47 heavy (non-hydrogen) atoms. The molecule has 0 bridgehead atoms. The molecule has 5 heteroatoms. The van der Waals surface area contributed by atoms with Crippen LogP contribution in [0, 0.1) is 18.2 Å². The van der Waals surface area contributed by atoms with Crippen molar-refractivity contribution in [3.63, 3.8) is 0 Å². The molecule has 4 aromatic heterocycles. The van der Waals surface area contributed by atoms with E-state index in [0.29, 0.717) is 5.92 Å². The van der Waals surface area contributed by atoms with Crippen LogP contribution in [0.4, 0.5) is 0 Å². The summed E-state index contributed by atoms with van der Waals surface area (Å²) in [5.41, 5.74) is 8.89. The number of rotatable bonds is 4. The van der Waals surface area contributed by atoms with Crippen molar-refractivity contribution in [2.75, 3.05) is 0 Å². The predicted octanol–water partition coefficient (Wildman–Crippen LogP) is 10.7. The minimum Gasteiger partial charge on any atom is -0.501 e. The van der Waals surface area contributed by atoms with Crippen molar-refractivity contribution in [2.45, 2.75) is 19.8 Å². The Morgan fingerprint density at radius 3 is 1.70 bits per heavy atom. The first-order valence-electron chi connectivity index (χ1n) is 15.2. The van der Waals surface area contributed by atoms with Crippen LogP contribution in [-0.4, -0.2) is 15.0 Å². The topological polar surface area (TPSA) is 51.8 Å². The van der Waals surface area contributed by atoms with Crippen LogP contribution in [0.25, 0.3) is 55.7 Å². The second-order valence-corrected chi connectivity index (χ2v) is 10.8. The Morgan fingerprint density at radius 1 is 0.532 bits per heavy atom. The van der Waals surface area contributed by atoms with E-state index in [4.69, 9.17) is 4.42 Å². The van der Waals surface area contributed by atoms with Crippen LogP contribution in [0.15, 0.2) is 156 Å². The zero-order valence-electron chi connectivity index (χ0n) is 26.1. The fourth-order valence-corrected chi connectivity index (χ4v) is 4.97. The smallest absolute Gasteiger partial charge is 0.501 e. The molecule has 0 aliphatic heterocycles. The van der Waals surface area contributed by atoms with Crippen molar-refractivity contribution in [1.29, 1.82) is 0 Å². The molecule has 4 aromatic carbocycles. The Labute approximate surface area is 289 Å². The number of pyridine rings is 3. The van der Waals surface area contributed by atoms with Crippen molar-refractivity contribution >= 4 is 21.9 Å². The monoisotopic (exact) mass is 787 g/mol. The minimum absolute atomic E-state index is 0. The number of aromatic nitrogens is 3. The molecule has 0 amide bonds. The summed E-state index contributed by atoms with van der Waals surface area (Å²) in [6, 6.07) is 53.2. The van der Waals surface area contributed by atoms with E-state index >= 15 is 0 Å². The van der Waals surface area contributed by atoms with E-state index in [1.165, 1.54) is 5.56 Å². The SMILES string of the molecule is CC(C)c1ccnc(-c2[c-]ccc3c2oc2ccccc23)c1.[Ir+3].[c-]1ccccc1-c1ccccn1.[c-]1ccccc1-c1ccccn1. The largest absolute Gasteiger partial charge is 3.00 e. The summed E-state index contributed by atoms with van der Waals surface area (Å²) in [7, 11) is 0. The molecular formula is C42H32IrN3O. The zero-order chi connectivity index (χ0) is 31.6. The van der Waals surface area contributed by atoms with E-state index in [-0.39, 0.29) is 20.1 Å².